The molecule has 0 spiro atoms. The maximum Gasteiger partial charge on any atom is 0.378 e. The Labute approximate surface area is 130 Å². The summed E-state index contributed by atoms with van der Waals surface area (Å²) < 4.78 is 139. The highest BCUT2D eigenvalue weighted by atomic mass is 32.2. The number of rotatable bonds is 3. The average molecular weight is 386 g/mol. The predicted octanol–water partition coefficient (Wildman–Crippen LogP) is 3.22. The highest BCUT2D eigenvalue weighted by Gasteiger charge is 3.04. The number of hydrogen-bond acceptors (Lipinski definition) is 3. The van der Waals surface area contributed by atoms with Gasteiger partial charge in [0.05, 0.1) is 11.5 Å². The van der Waals surface area contributed by atoms with Gasteiger partial charge in [0.25, 0.3) is 10.1 Å². The van der Waals surface area contributed by atoms with Crippen LogP contribution in [0, 0.1) is 11.8 Å². The van der Waals surface area contributed by atoms with Gasteiger partial charge in [-0.1, -0.05) is 6.58 Å². The van der Waals surface area contributed by atoms with E-state index >= 15 is 0 Å². The molecule has 5 unspecified atom stereocenters. The minimum atomic E-state index is -6.27. The van der Waals surface area contributed by atoms with Gasteiger partial charge in [0.15, 0.2) is 0 Å². The first kappa shape index (κ1) is 17.9. The van der Waals surface area contributed by atoms with Crippen molar-refractivity contribution >= 4 is 10.1 Å². The van der Waals surface area contributed by atoms with E-state index in [1.54, 1.807) is 0 Å². The summed E-state index contributed by atoms with van der Waals surface area (Å²) in [4.78, 5) is 0. The van der Waals surface area contributed by atoms with Gasteiger partial charge < -0.3 is 0 Å². The summed E-state index contributed by atoms with van der Waals surface area (Å²) >= 11 is 0. The second kappa shape index (κ2) is 4.25. The Kier molecular flexibility index (Phi) is 3.17. The van der Waals surface area contributed by atoms with Crippen LogP contribution in [0.3, 0.4) is 0 Å². The first-order valence-electron chi connectivity index (χ1n) is 6.69. The molecule has 24 heavy (non-hydrogen) atoms. The fourth-order valence-corrected chi connectivity index (χ4v) is 4.86. The van der Waals surface area contributed by atoms with Crippen molar-refractivity contribution in [1.82, 2.24) is 0 Å². The molecule has 3 aliphatic carbocycles. The molecule has 0 saturated heterocycles. The molecule has 0 heterocycles. The number of hydrogen-bond donors (Lipinski definition) is 0. The van der Waals surface area contributed by atoms with E-state index in [4.69, 9.17) is 0 Å². The summed E-state index contributed by atoms with van der Waals surface area (Å²) in [7, 11) is -4.54. The Hall–Kier alpha value is -0.910. The molecule has 3 rings (SSSR count). The molecule has 3 aliphatic rings. The van der Waals surface area contributed by atoms with Gasteiger partial charge in [-0.15, -0.1) is 0 Å². The first-order valence-corrected chi connectivity index (χ1v) is 8.16. The van der Waals surface area contributed by atoms with Crippen molar-refractivity contribution in [3.05, 3.63) is 12.0 Å². The maximum atomic E-state index is 14.9. The third-order valence-corrected chi connectivity index (χ3v) is 6.20. The van der Waals surface area contributed by atoms with E-state index in [1.165, 1.54) is 0 Å². The van der Waals surface area contributed by atoms with Crippen molar-refractivity contribution in [3.63, 3.8) is 0 Å². The normalized spacial score (nSPS) is 47.6. The molecule has 3 fully saturated rings. The lowest BCUT2D eigenvalue weighted by atomic mass is 9.73. The Morgan fingerprint density at radius 1 is 0.875 bits per heavy atom. The van der Waals surface area contributed by atoms with E-state index in [0.29, 0.717) is 0 Å². The second-order valence-electron chi connectivity index (χ2n) is 6.22. The quantitative estimate of drug-likeness (QED) is 0.553. The van der Waals surface area contributed by atoms with E-state index in [9.17, 15) is 43.5 Å². The molecule has 0 aromatic carbocycles. The molecular weight excluding hydrogens is 376 g/mol. The predicted molar refractivity (Wildman–Crippen MR) is 62.7 cm³/mol. The van der Waals surface area contributed by atoms with Gasteiger partial charge in [-0.25, -0.2) is 8.78 Å². The Balaban J connectivity index is 2.14. The summed E-state index contributed by atoms with van der Waals surface area (Å²) in [6.07, 6.45) is -3.85. The topological polar surface area (TPSA) is 43.4 Å². The fourth-order valence-electron chi connectivity index (χ4n) is 4.23. The monoisotopic (exact) mass is 386 g/mol. The van der Waals surface area contributed by atoms with E-state index in [2.05, 4.69) is 10.8 Å². The highest BCUT2D eigenvalue weighted by molar-refractivity contribution is 7.89. The van der Waals surface area contributed by atoms with Crippen LogP contribution in [0.4, 0.5) is 35.1 Å². The Morgan fingerprint density at radius 3 is 1.88 bits per heavy atom. The van der Waals surface area contributed by atoms with Crippen LogP contribution in [-0.2, 0) is 14.3 Å². The Morgan fingerprint density at radius 2 is 1.38 bits per heavy atom. The SMILES string of the molecule is C=CS(=O)(=O)OC1CC2CC1C1(F)C(F)(F)C(F)(F)C(F)(F)C21F. The number of fused-ring (bicyclic) bond motifs is 5. The molecule has 3 saturated carbocycles. The van der Waals surface area contributed by atoms with Gasteiger partial charge >= 0.3 is 17.8 Å². The molecule has 0 aliphatic heterocycles. The molecule has 2 bridgehead atoms. The molecular formula is C12H10F8O3S. The molecule has 3 nitrogen and oxygen atoms in total. The van der Waals surface area contributed by atoms with Crippen LogP contribution in [0.5, 0.6) is 0 Å². The summed E-state index contributed by atoms with van der Waals surface area (Å²) in [6.45, 7) is 2.84. The van der Waals surface area contributed by atoms with Crippen LogP contribution >= 0.6 is 0 Å². The zero-order valence-corrected chi connectivity index (χ0v) is 12.4. The maximum absolute atomic E-state index is 14.9. The van der Waals surface area contributed by atoms with Crippen molar-refractivity contribution in [1.29, 1.82) is 0 Å². The molecule has 12 heteroatoms. The smallest absolute Gasteiger partial charge is 0.263 e. The molecule has 0 aromatic rings. The van der Waals surface area contributed by atoms with Crippen LogP contribution in [0.25, 0.3) is 0 Å². The zero-order valence-electron chi connectivity index (χ0n) is 11.6. The minimum Gasteiger partial charge on any atom is -0.263 e. The summed E-state index contributed by atoms with van der Waals surface area (Å²) in [6, 6.07) is 0. The highest BCUT2D eigenvalue weighted by Crippen LogP contribution is 2.79. The van der Waals surface area contributed by atoms with Gasteiger partial charge in [-0.2, -0.15) is 34.8 Å². The van der Waals surface area contributed by atoms with Gasteiger partial charge in [0.1, 0.15) is 0 Å². The van der Waals surface area contributed by atoms with Crippen LogP contribution in [-0.4, -0.2) is 43.6 Å². The summed E-state index contributed by atoms with van der Waals surface area (Å²) in [5.41, 5.74) is -9.78. The molecule has 0 radical (unpaired) electrons. The first-order chi connectivity index (χ1) is 10.6. The number of alkyl halides is 8. The lowest BCUT2D eigenvalue weighted by molar-refractivity contribution is -0.298. The third kappa shape index (κ3) is 1.47. The van der Waals surface area contributed by atoms with E-state index < -0.39 is 70.0 Å². The molecule has 5 atom stereocenters. The van der Waals surface area contributed by atoms with Crippen molar-refractivity contribution < 1.29 is 47.7 Å². The fraction of sp³-hybridized carbons (Fsp3) is 0.833. The lowest BCUT2D eigenvalue weighted by Crippen LogP contribution is -2.63. The second-order valence-corrected chi connectivity index (χ2v) is 7.73. The van der Waals surface area contributed by atoms with Crippen molar-refractivity contribution in [2.45, 2.75) is 48.1 Å². The summed E-state index contributed by atoms with van der Waals surface area (Å²) in [5.74, 6) is -23.0. The molecule has 0 aromatic heterocycles. The van der Waals surface area contributed by atoms with Crippen molar-refractivity contribution in [3.8, 4) is 0 Å². The van der Waals surface area contributed by atoms with Gasteiger partial charge in [-0.05, 0) is 12.8 Å². The largest absolute Gasteiger partial charge is 0.378 e. The van der Waals surface area contributed by atoms with Crippen LogP contribution < -0.4 is 0 Å². The van der Waals surface area contributed by atoms with Crippen LogP contribution in [0.2, 0.25) is 0 Å². The van der Waals surface area contributed by atoms with Gasteiger partial charge in [-0.3, -0.25) is 4.18 Å². The molecule has 0 N–H and O–H groups in total. The van der Waals surface area contributed by atoms with E-state index in [1.807, 2.05) is 0 Å². The Bertz CT molecular complexity index is 707. The molecule has 138 valence electrons. The van der Waals surface area contributed by atoms with E-state index in [0.717, 1.165) is 0 Å². The molecule has 0 amide bonds. The van der Waals surface area contributed by atoms with E-state index in [-0.39, 0.29) is 5.41 Å². The van der Waals surface area contributed by atoms with Crippen molar-refractivity contribution in [2.75, 3.05) is 0 Å². The minimum absolute atomic E-state index is 0.239. The standard InChI is InChI=1S/C12H10F8O3S/c1-2-24(21,22)23-7-4-5-3-6(7)9(14)8(5,13)10(15,16)12(19,20)11(9,17)18/h2,5-7H,1,3-4H2. The van der Waals surface area contributed by atoms with Gasteiger partial charge in [0.2, 0.25) is 11.3 Å². The number of halogens is 8. The van der Waals surface area contributed by atoms with Crippen LogP contribution in [0.15, 0.2) is 12.0 Å². The van der Waals surface area contributed by atoms with Gasteiger partial charge in [0, 0.05) is 11.8 Å². The third-order valence-electron chi connectivity index (χ3n) is 5.27. The van der Waals surface area contributed by atoms with Crippen LogP contribution in [0.1, 0.15) is 12.8 Å². The average Bonchev–Trinajstić information content (AvgIpc) is 2.97. The van der Waals surface area contributed by atoms with Crippen molar-refractivity contribution in [2.24, 2.45) is 11.8 Å². The summed E-state index contributed by atoms with van der Waals surface area (Å²) in [5, 5.41) is 0.239. The zero-order chi connectivity index (χ0) is 18.6. The lowest BCUT2D eigenvalue weighted by Gasteiger charge is -2.42.